The molecule has 0 aromatic heterocycles. The fourth-order valence-corrected chi connectivity index (χ4v) is 3.45. The Kier molecular flexibility index (Phi) is 5.51. The minimum Gasteiger partial charge on any atom is -0.507 e. The van der Waals surface area contributed by atoms with Gasteiger partial charge in [0.15, 0.2) is 11.6 Å². The molecule has 2 N–H and O–H groups in total. The van der Waals surface area contributed by atoms with Crippen molar-refractivity contribution in [2.75, 3.05) is 19.5 Å². The second-order valence-electron chi connectivity index (χ2n) is 5.90. The molecule has 9 heteroatoms. The summed E-state index contributed by atoms with van der Waals surface area (Å²) in [6.45, 7) is 0. The van der Waals surface area contributed by atoms with Crippen molar-refractivity contribution in [3.05, 3.63) is 68.8 Å². The van der Waals surface area contributed by atoms with Gasteiger partial charge in [-0.15, -0.1) is 0 Å². The van der Waals surface area contributed by atoms with Gasteiger partial charge in [-0.05, 0) is 22.0 Å². The van der Waals surface area contributed by atoms with E-state index >= 15 is 0 Å². The van der Waals surface area contributed by atoms with E-state index in [0.29, 0.717) is 0 Å². The Bertz CT molecular complexity index is 1100. The molecule has 3 rings (SSSR count). The van der Waals surface area contributed by atoms with Crippen LogP contribution in [0.2, 0.25) is 0 Å². The number of rotatable bonds is 4. The number of hydrogen-bond acceptors (Lipinski definition) is 8. The summed E-state index contributed by atoms with van der Waals surface area (Å²) >= 11 is 3.21. The molecule has 148 valence electrons. The molecule has 0 unspecified atom stereocenters. The molecule has 0 saturated heterocycles. The zero-order chi connectivity index (χ0) is 21.3. The number of phenolic OH excluding ortho intramolecular Hbond substituents is 1. The lowest BCUT2D eigenvalue weighted by molar-refractivity contribution is -0.138. The van der Waals surface area contributed by atoms with Crippen LogP contribution in [-0.4, -0.2) is 42.8 Å². The molecule has 2 aromatic rings. The summed E-state index contributed by atoms with van der Waals surface area (Å²) in [5.41, 5.74) is -0.339. The summed E-state index contributed by atoms with van der Waals surface area (Å²) in [4.78, 5) is 49.7. The number of methoxy groups -OCH3 is 2. The molecule has 29 heavy (non-hydrogen) atoms. The van der Waals surface area contributed by atoms with E-state index in [1.807, 2.05) is 0 Å². The number of hydrogen-bond donors (Lipinski definition) is 2. The van der Waals surface area contributed by atoms with Crippen LogP contribution in [0.25, 0.3) is 0 Å². The Labute approximate surface area is 173 Å². The predicted octanol–water partition coefficient (Wildman–Crippen LogP) is 2.57. The van der Waals surface area contributed by atoms with Crippen LogP contribution in [0.15, 0.2) is 46.6 Å². The molecule has 0 spiro atoms. The number of phenols is 1. The Hall–Kier alpha value is -3.46. The monoisotopic (exact) mass is 459 g/mol. The van der Waals surface area contributed by atoms with Gasteiger partial charge in [0.05, 0.1) is 37.1 Å². The number of ether oxygens (including phenoxy) is 2. The number of ketones is 2. The maximum absolute atomic E-state index is 13.1. The number of nitrogens with one attached hydrogen (secondary N) is 1. The van der Waals surface area contributed by atoms with Crippen molar-refractivity contribution in [2.45, 2.75) is 0 Å². The van der Waals surface area contributed by atoms with Crippen molar-refractivity contribution in [2.24, 2.45) is 0 Å². The molecule has 1 aliphatic carbocycles. The molecule has 0 amide bonds. The van der Waals surface area contributed by atoms with E-state index < -0.39 is 29.3 Å². The van der Waals surface area contributed by atoms with E-state index in [0.717, 1.165) is 20.3 Å². The summed E-state index contributed by atoms with van der Waals surface area (Å²) in [5, 5.41) is 13.0. The first-order chi connectivity index (χ1) is 13.8. The molecular formula is C20H14BrNO7. The van der Waals surface area contributed by atoms with Crippen LogP contribution in [0.3, 0.4) is 0 Å². The number of anilines is 1. The predicted molar refractivity (Wildman–Crippen MR) is 105 cm³/mol. The number of fused-ring (bicyclic) bond motifs is 2. The van der Waals surface area contributed by atoms with Gasteiger partial charge in [0.2, 0.25) is 0 Å². The molecule has 8 nitrogen and oxygen atoms in total. The minimum absolute atomic E-state index is 0.0196. The van der Waals surface area contributed by atoms with Crippen LogP contribution < -0.4 is 5.32 Å². The summed E-state index contributed by atoms with van der Waals surface area (Å²) in [6, 6.07) is 7.42. The summed E-state index contributed by atoms with van der Waals surface area (Å²) in [5.74, 6) is -3.22. The zero-order valence-corrected chi connectivity index (χ0v) is 16.8. The highest BCUT2D eigenvalue weighted by Gasteiger charge is 2.35. The van der Waals surface area contributed by atoms with E-state index in [4.69, 9.17) is 0 Å². The van der Waals surface area contributed by atoms with E-state index in [1.54, 1.807) is 12.1 Å². The Morgan fingerprint density at radius 2 is 1.62 bits per heavy atom. The third kappa shape index (κ3) is 3.52. The second kappa shape index (κ2) is 7.88. The first-order valence-corrected chi connectivity index (χ1v) is 8.98. The van der Waals surface area contributed by atoms with E-state index in [9.17, 15) is 24.3 Å². The number of benzene rings is 2. The van der Waals surface area contributed by atoms with Crippen molar-refractivity contribution in [3.8, 4) is 5.75 Å². The normalized spacial score (nSPS) is 12.7. The van der Waals surface area contributed by atoms with Crippen LogP contribution in [0, 0.1) is 0 Å². The molecule has 0 bridgehead atoms. The van der Waals surface area contributed by atoms with Crippen molar-refractivity contribution in [3.63, 3.8) is 0 Å². The van der Waals surface area contributed by atoms with E-state index in [2.05, 4.69) is 30.7 Å². The average molecular weight is 460 g/mol. The molecule has 0 radical (unpaired) electrons. The number of halogens is 1. The number of esters is 2. The molecule has 1 aliphatic rings. The third-order valence-electron chi connectivity index (χ3n) is 4.26. The topological polar surface area (TPSA) is 119 Å². The van der Waals surface area contributed by atoms with Gasteiger partial charge in [-0.1, -0.05) is 24.3 Å². The zero-order valence-electron chi connectivity index (χ0n) is 15.2. The first-order valence-electron chi connectivity index (χ1n) is 8.19. The maximum atomic E-state index is 13.1. The quantitative estimate of drug-likeness (QED) is 0.347. The smallest absolute Gasteiger partial charge is 0.354 e. The molecule has 2 aromatic carbocycles. The summed E-state index contributed by atoms with van der Waals surface area (Å²) in [6.07, 6.45) is 0.848. The van der Waals surface area contributed by atoms with Crippen LogP contribution in [-0.2, 0) is 19.1 Å². The highest BCUT2D eigenvalue weighted by atomic mass is 79.9. The van der Waals surface area contributed by atoms with Crippen LogP contribution in [0.4, 0.5) is 5.69 Å². The van der Waals surface area contributed by atoms with Crippen molar-refractivity contribution in [1.29, 1.82) is 0 Å². The Balaban J connectivity index is 2.23. The van der Waals surface area contributed by atoms with Gasteiger partial charge in [0.25, 0.3) is 0 Å². The van der Waals surface area contributed by atoms with Gasteiger partial charge < -0.3 is 19.9 Å². The van der Waals surface area contributed by atoms with Gasteiger partial charge in [-0.3, -0.25) is 9.59 Å². The standard InChI is InChI=1S/C20H14BrNO7/c1-28-14(24)8-12(20(27)29-2)22-17-11(21)7-13(23)15-16(17)19(26)10-6-4-3-5-9(10)18(15)25/h3-8,22-23H,1-2H3/b12-8+. The Morgan fingerprint density at radius 3 is 2.17 bits per heavy atom. The third-order valence-corrected chi connectivity index (χ3v) is 4.88. The SMILES string of the molecule is COC(=O)/C=C(/Nc1c(Br)cc(O)c2c1C(=O)c1ccccc1C2=O)C(=O)OC. The molecule has 0 fully saturated rings. The molecule has 0 saturated carbocycles. The van der Waals surface area contributed by atoms with Gasteiger partial charge in [-0.25, -0.2) is 9.59 Å². The van der Waals surface area contributed by atoms with Crippen LogP contribution in [0.1, 0.15) is 31.8 Å². The lowest BCUT2D eigenvalue weighted by Gasteiger charge is -2.23. The lowest BCUT2D eigenvalue weighted by Crippen LogP contribution is -2.24. The second-order valence-corrected chi connectivity index (χ2v) is 6.76. The van der Waals surface area contributed by atoms with Gasteiger partial charge in [0.1, 0.15) is 11.4 Å². The number of carbonyl (C=O) groups is 4. The average Bonchev–Trinajstić information content (AvgIpc) is 2.72. The van der Waals surface area contributed by atoms with Gasteiger partial charge in [0, 0.05) is 15.6 Å². The molecule has 0 atom stereocenters. The van der Waals surface area contributed by atoms with Crippen molar-refractivity contribution in [1.82, 2.24) is 0 Å². The van der Waals surface area contributed by atoms with E-state index in [1.165, 1.54) is 18.2 Å². The molecule has 0 heterocycles. The molecular weight excluding hydrogens is 446 g/mol. The van der Waals surface area contributed by atoms with Crippen molar-refractivity contribution >= 4 is 45.1 Å². The fourth-order valence-electron chi connectivity index (χ4n) is 2.93. The number of aromatic hydroxyl groups is 1. The highest BCUT2D eigenvalue weighted by Crippen LogP contribution is 2.41. The summed E-state index contributed by atoms with van der Waals surface area (Å²) < 4.78 is 9.36. The fraction of sp³-hybridized carbons (Fsp3) is 0.100. The first kappa shape index (κ1) is 20.3. The number of carbonyl (C=O) groups excluding carboxylic acids is 4. The van der Waals surface area contributed by atoms with Gasteiger partial charge in [-0.2, -0.15) is 0 Å². The Morgan fingerprint density at radius 1 is 1.03 bits per heavy atom. The molecule has 0 aliphatic heterocycles. The minimum atomic E-state index is -0.904. The van der Waals surface area contributed by atoms with Gasteiger partial charge >= 0.3 is 11.9 Å². The lowest BCUT2D eigenvalue weighted by atomic mass is 9.82. The maximum Gasteiger partial charge on any atom is 0.354 e. The largest absolute Gasteiger partial charge is 0.507 e. The van der Waals surface area contributed by atoms with Crippen LogP contribution >= 0.6 is 15.9 Å². The highest BCUT2D eigenvalue weighted by molar-refractivity contribution is 9.10. The summed E-state index contributed by atoms with van der Waals surface area (Å²) in [7, 11) is 2.24. The van der Waals surface area contributed by atoms with Crippen molar-refractivity contribution < 1.29 is 33.8 Å². The van der Waals surface area contributed by atoms with E-state index in [-0.39, 0.29) is 38.1 Å². The van der Waals surface area contributed by atoms with Crippen LogP contribution in [0.5, 0.6) is 5.75 Å².